The van der Waals surface area contributed by atoms with E-state index in [9.17, 15) is 13.2 Å². The third-order valence-electron chi connectivity index (χ3n) is 4.61. The van der Waals surface area contributed by atoms with Crippen LogP contribution < -0.4 is 24.8 Å². The van der Waals surface area contributed by atoms with E-state index >= 15 is 0 Å². The standard InChI is InChI=1S/C18H18ClN3O5S/c19-13-8-16-17(27-6-5-26-16)9-14(13)21-18(23)10-22-4-3-11-7-12(28(20,24)25)1-2-15(11)22/h1-2,7-9H,3-6,10H2,(H,21,23)(H2,20,24,25). The van der Waals surface area contributed by atoms with Crippen LogP contribution in [0.4, 0.5) is 11.4 Å². The SMILES string of the molecule is NS(=O)(=O)c1ccc2c(c1)CCN2CC(=O)Nc1cc2c(cc1Cl)OCCO2. The minimum atomic E-state index is -3.75. The number of primary sulfonamides is 1. The van der Waals surface area contributed by atoms with Crippen LogP contribution in [0.25, 0.3) is 0 Å². The number of carbonyl (C=O) groups is 1. The summed E-state index contributed by atoms with van der Waals surface area (Å²) in [7, 11) is -3.75. The number of hydrogen-bond acceptors (Lipinski definition) is 6. The number of hydrogen-bond donors (Lipinski definition) is 2. The highest BCUT2D eigenvalue weighted by atomic mass is 35.5. The van der Waals surface area contributed by atoms with E-state index in [2.05, 4.69) is 5.32 Å². The number of anilines is 2. The van der Waals surface area contributed by atoms with Crippen LogP contribution in [0.1, 0.15) is 5.56 Å². The molecule has 0 spiro atoms. The molecule has 0 radical (unpaired) electrons. The van der Waals surface area contributed by atoms with Crippen LogP contribution in [0, 0.1) is 0 Å². The van der Waals surface area contributed by atoms with Crippen molar-refractivity contribution in [3.63, 3.8) is 0 Å². The smallest absolute Gasteiger partial charge is 0.243 e. The second-order valence-corrected chi connectivity index (χ2v) is 8.50. The Hall–Kier alpha value is -2.49. The van der Waals surface area contributed by atoms with Gasteiger partial charge >= 0.3 is 0 Å². The Kier molecular flexibility index (Phi) is 4.82. The number of ether oxygens (including phenoxy) is 2. The van der Waals surface area contributed by atoms with E-state index in [1.807, 2.05) is 4.90 Å². The highest BCUT2D eigenvalue weighted by Crippen LogP contribution is 2.38. The number of nitrogens with one attached hydrogen (secondary N) is 1. The molecule has 2 aliphatic rings. The predicted molar refractivity (Wildman–Crippen MR) is 105 cm³/mol. The molecule has 0 unspecified atom stereocenters. The zero-order chi connectivity index (χ0) is 19.9. The van der Waals surface area contributed by atoms with E-state index in [1.165, 1.54) is 6.07 Å². The fraction of sp³-hybridized carbons (Fsp3) is 0.278. The molecule has 3 N–H and O–H groups in total. The monoisotopic (exact) mass is 423 g/mol. The van der Waals surface area contributed by atoms with Gasteiger partial charge in [0, 0.05) is 24.4 Å². The van der Waals surface area contributed by atoms with Crippen molar-refractivity contribution in [3.8, 4) is 11.5 Å². The number of rotatable bonds is 4. The third-order valence-corrected chi connectivity index (χ3v) is 5.84. The number of amides is 1. The lowest BCUT2D eigenvalue weighted by Crippen LogP contribution is -2.32. The molecule has 0 aromatic heterocycles. The molecule has 0 saturated carbocycles. The molecule has 2 aromatic carbocycles. The summed E-state index contributed by atoms with van der Waals surface area (Å²) in [4.78, 5) is 14.5. The van der Waals surface area contributed by atoms with E-state index in [0.29, 0.717) is 48.4 Å². The van der Waals surface area contributed by atoms with Gasteiger partial charge in [0.2, 0.25) is 15.9 Å². The Morgan fingerprint density at radius 2 is 1.89 bits per heavy atom. The lowest BCUT2D eigenvalue weighted by Gasteiger charge is -2.21. The first-order chi connectivity index (χ1) is 13.3. The lowest BCUT2D eigenvalue weighted by atomic mass is 10.2. The molecule has 0 atom stereocenters. The van der Waals surface area contributed by atoms with Gasteiger partial charge in [0.05, 0.1) is 22.2 Å². The van der Waals surface area contributed by atoms with Crippen molar-refractivity contribution < 1.29 is 22.7 Å². The third kappa shape index (κ3) is 3.73. The Bertz CT molecular complexity index is 1060. The van der Waals surface area contributed by atoms with E-state index < -0.39 is 10.0 Å². The van der Waals surface area contributed by atoms with Crippen LogP contribution in [0.2, 0.25) is 5.02 Å². The molecule has 0 saturated heterocycles. The first-order valence-electron chi connectivity index (χ1n) is 8.61. The Labute approximate surface area is 167 Å². The average molecular weight is 424 g/mol. The maximum Gasteiger partial charge on any atom is 0.243 e. The fourth-order valence-electron chi connectivity index (χ4n) is 3.31. The second-order valence-electron chi connectivity index (χ2n) is 6.53. The van der Waals surface area contributed by atoms with E-state index in [-0.39, 0.29) is 17.3 Å². The van der Waals surface area contributed by atoms with Crippen LogP contribution >= 0.6 is 11.6 Å². The van der Waals surface area contributed by atoms with Crippen LogP contribution in [0.15, 0.2) is 35.2 Å². The first kappa shape index (κ1) is 18.9. The van der Waals surface area contributed by atoms with Crippen molar-refractivity contribution in [3.05, 3.63) is 40.9 Å². The largest absolute Gasteiger partial charge is 0.486 e. The highest BCUT2D eigenvalue weighted by molar-refractivity contribution is 7.89. The number of halogens is 1. The van der Waals surface area contributed by atoms with Gasteiger partial charge < -0.3 is 19.7 Å². The molecule has 10 heteroatoms. The summed E-state index contributed by atoms with van der Waals surface area (Å²) in [5.41, 5.74) is 2.10. The van der Waals surface area contributed by atoms with E-state index in [1.54, 1.807) is 24.3 Å². The van der Waals surface area contributed by atoms with Gasteiger partial charge in [0.25, 0.3) is 0 Å². The van der Waals surface area contributed by atoms with Gasteiger partial charge in [-0.15, -0.1) is 0 Å². The second kappa shape index (κ2) is 7.16. The molecule has 0 fully saturated rings. The number of nitrogens with two attached hydrogens (primary N) is 1. The molecule has 8 nitrogen and oxygen atoms in total. The first-order valence-corrected chi connectivity index (χ1v) is 10.5. The molecule has 2 aliphatic heterocycles. The molecule has 4 rings (SSSR count). The zero-order valence-electron chi connectivity index (χ0n) is 14.8. The molecule has 0 bridgehead atoms. The minimum Gasteiger partial charge on any atom is -0.486 e. The van der Waals surface area contributed by atoms with Crippen LogP contribution in [-0.2, 0) is 21.2 Å². The van der Waals surface area contributed by atoms with Gasteiger partial charge in [-0.3, -0.25) is 4.79 Å². The molecular formula is C18H18ClN3O5S. The molecule has 0 aliphatic carbocycles. The van der Waals surface area contributed by atoms with Crippen LogP contribution in [0.3, 0.4) is 0 Å². The summed E-state index contributed by atoms with van der Waals surface area (Å²) in [6.07, 6.45) is 0.636. The molecular weight excluding hydrogens is 406 g/mol. The average Bonchev–Trinajstić information content (AvgIpc) is 3.04. The van der Waals surface area contributed by atoms with Gasteiger partial charge in [-0.2, -0.15) is 0 Å². The minimum absolute atomic E-state index is 0.0700. The number of benzene rings is 2. The quantitative estimate of drug-likeness (QED) is 0.775. The van der Waals surface area contributed by atoms with Crippen molar-refractivity contribution >= 4 is 38.9 Å². The van der Waals surface area contributed by atoms with Crippen LogP contribution in [0.5, 0.6) is 11.5 Å². The zero-order valence-corrected chi connectivity index (χ0v) is 16.3. The molecule has 2 aromatic rings. The fourth-order valence-corrected chi connectivity index (χ4v) is 4.08. The maximum atomic E-state index is 12.5. The van der Waals surface area contributed by atoms with Gasteiger partial charge in [-0.05, 0) is 30.2 Å². The Morgan fingerprint density at radius 3 is 2.61 bits per heavy atom. The molecule has 148 valence electrons. The molecule has 28 heavy (non-hydrogen) atoms. The van der Waals surface area contributed by atoms with Gasteiger partial charge in [-0.1, -0.05) is 11.6 Å². The normalized spacial score (nSPS) is 15.3. The maximum absolute atomic E-state index is 12.5. The van der Waals surface area contributed by atoms with Gasteiger partial charge in [0.15, 0.2) is 11.5 Å². The summed E-state index contributed by atoms with van der Waals surface area (Å²) in [5.74, 6) is 0.836. The van der Waals surface area contributed by atoms with Crippen molar-refractivity contribution in [1.82, 2.24) is 0 Å². The summed E-state index contributed by atoms with van der Waals surface area (Å²) in [6.45, 7) is 1.60. The number of nitrogens with zero attached hydrogens (tertiary/aromatic N) is 1. The predicted octanol–water partition coefficient (Wildman–Crippen LogP) is 1.76. The topological polar surface area (TPSA) is 111 Å². The summed E-state index contributed by atoms with van der Waals surface area (Å²) in [6, 6.07) is 7.94. The van der Waals surface area contributed by atoms with Crippen molar-refractivity contribution in [2.75, 3.05) is 36.5 Å². The number of sulfonamides is 1. The van der Waals surface area contributed by atoms with E-state index in [4.69, 9.17) is 26.2 Å². The Morgan fingerprint density at radius 1 is 1.18 bits per heavy atom. The number of fused-ring (bicyclic) bond motifs is 2. The highest BCUT2D eigenvalue weighted by Gasteiger charge is 2.24. The van der Waals surface area contributed by atoms with Gasteiger partial charge in [-0.25, -0.2) is 13.6 Å². The van der Waals surface area contributed by atoms with Crippen LogP contribution in [-0.4, -0.2) is 40.6 Å². The molecule has 2 heterocycles. The van der Waals surface area contributed by atoms with Gasteiger partial charge in [0.1, 0.15) is 13.2 Å². The van der Waals surface area contributed by atoms with Crippen molar-refractivity contribution in [1.29, 1.82) is 0 Å². The van der Waals surface area contributed by atoms with Crippen molar-refractivity contribution in [2.45, 2.75) is 11.3 Å². The number of carbonyl (C=O) groups excluding carboxylic acids is 1. The Balaban J connectivity index is 1.47. The van der Waals surface area contributed by atoms with E-state index in [0.717, 1.165) is 11.3 Å². The molecule has 1 amide bonds. The summed E-state index contributed by atoms with van der Waals surface area (Å²) in [5, 5.41) is 8.33. The summed E-state index contributed by atoms with van der Waals surface area (Å²) < 4.78 is 34.0. The van der Waals surface area contributed by atoms with Crippen molar-refractivity contribution in [2.24, 2.45) is 5.14 Å². The summed E-state index contributed by atoms with van der Waals surface area (Å²) >= 11 is 6.23. The lowest BCUT2D eigenvalue weighted by molar-refractivity contribution is -0.115.